The third-order valence-corrected chi connectivity index (χ3v) is 1.87. The molecule has 0 aliphatic carbocycles. The van der Waals surface area contributed by atoms with Crippen molar-refractivity contribution in [3.8, 4) is 0 Å². The van der Waals surface area contributed by atoms with E-state index < -0.39 is 30.9 Å². The highest BCUT2D eigenvalue weighted by Gasteiger charge is 2.34. The molecule has 0 aromatic rings. The number of carbonyl (C=O) groups is 1. The van der Waals surface area contributed by atoms with Crippen LogP contribution in [-0.4, -0.2) is 17.3 Å². The van der Waals surface area contributed by atoms with Crippen LogP contribution >= 0.6 is 0 Å². The van der Waals surface area contributed by atoms with Crippen molar-refractivity contribution >= 4 is 5.97 Å². The Morgan fingerprint density at radius 1 is 1.38 bits per heavy atom. The van der Waals surface area contributed by atoms with Gasteiger partial charge >= 0.3 is 12.1 Å². The van der Waals surface area contributed by atoms with Crippen molar-refractivity contribution in [2.75, 3.05) is 0 Å². The third kappa shape index (κ3) is 6.42. The molecular weight excluding hydrogens is 185 g/mol. The molecule has 0 rings (SSSR count). The van der Waals surface area contributed by atoms with E-state index in [0.29, 0.717) is 0 Å². The van der Waals surface area contributed by atoms with Crippen LogP contribution in [0.4, 0.5) is 13.2 Å². The summed E-state index contributed by atoms with van der Waals surface area (Å²) in [6, 6.07) is 0. The van der Waals surface area contributed by atoms with Crippen molar-refractivity contribution in [3.63, 3.8) is 0 Å². The van der Waals surface area contributed by atoms with Crippen molar-refractivity contribution < 1.29 is 23.1 Å². The number of carboxylic acids is 1. The molecule has 0 heterocycles. The number of aliphatic carboxylic acids is 1. The van der Waals surface area contributed by atoms with E-state index in [1.807, 2.05) is 0 Å². The summed E-state index contributed by atoms with van der Waals surface area (Å²) in [6.45, 7) is 3.19. The minimum absolute atomic E-state index is 0.266. The van der Waals surface area contributed by atoms with E-state index in [9.17, 15) is 18.0 Å². The molecule has 0 saturated carbocycles. The van der Waals surface area contributed by atoms with Crippen molar-refractivity contribution in [3.05, 3.63) is 0 Å². The number of alkyl halides is 3. The third-order valence-electron chi connectivity index (χ3n) is 1.87. The maximum Gasteiger partial charge on any atom is 0.389 e. The summed E-state index contributed by atoms with van der Waals surface area (Å²) >= 11 is 0. The van der Waals surface area contributed by atoms with Gasteiger partial charge in [-0.1, -0.05) is 13.8 Å². The average Bonchev–Trinajstić information content (AvgIpc) is 1.81. The Hall–Kier alpha value is -0.740. The first-order valence-electron chi connectivity index (χ1n) is 4.01. The Balaban J connectivity index is 4.19. The van der Waals surface area contributed by atoms with E-state index in [4.69, 9.17) is 5.11 Å². The summed E-state index contributed by atoms with van der Waals surface area (Å²) in [4.78, 5) is 10.2. The lowest BCUT2D eigenvalue weighted by atomic mass is 9.89. The van der Waals surface area contributed by atoms with Crippen LogP contribution in [0.5, 0.6) is 0 Å². The Morgan fingerprint density at radius 2 is 1.85 bits per heavy atom. The first-order valence-corrected chi connectivity index (χ1v) is 4.01. The van der Waals surface area contributed by atoms with Crippen LogP contribution in [0.3, 0.4) is 0 Å². The molecule has 0 amide bonds. The van der Waals surface area contributed by atoms with Crippen molar-refractivity contribution in [2.24, 2.45) is 11.8 Å². The lowest BCUT2D eigenvalue weighted by Gasteiger charge is -2.20. The second-order valence-electron chi connectivity index (χ2n) is 3.42. The summed E-state index contributed by atoms with van der Waals surface area (Å²) < 4.78 is 35.8. The van der Waals surface area contributed by atoms with Crippen LogP contribution in [0.2, 0.25) is 0 Å². The second kappa shape index (κ2) is 4.48. The second-order valence-corrected chi connectivity index (χ2v) is 3.42. The quantitative estimate of drug-likeness (QED) is 0.754. The summed E-state index contributed by atoms with van der Waals surface area (Å²) in [7, 11) is 0. The normalized spacial score (nSPS) is 14.6. The first-order chi connectivity index (χ1) is 5.72. The Kier molecular flexibility index (Phi) is 4.23. The molecule has 0 spiro atoms. The standard InChI is InChI=1S/C8H13F3O2/c1-5(2)6(3-7(12)13)4-8(9,10)11/h5-6H,3-4H2,1-2H3,(H,12,13)/t6-/m0/s1. The number of hydrogen-bond donors (Lipinski definition) is 1. The fraction of sp³-hybridized carbons (Fsp3) is 0.875. The number of rotatable bonds is 4. The summed E-state index contributed by atoms with van der Waals surface area (Å²) in [6.07, 6.45) is -5.71. The van der Waals surface area contributed by atoms with E-state index in [-0.39, 0.29) is 5.92 Å². The molecule has 0 aromatic carbocycles. The van der Waals surface area contributed by atoms with Gasteiger partial charge in [-0.3, -0.25) is 4.79 Å². The number of carboxylic acid groups (broad SMARTS) is 1. The maximum atomic E-state index is 11.9. The molecule has 1 atom stereocenters. The van der Waals surface area contributed by atoms with Gasteiger partial charge in [-0.2, -0.15) is 13.2 Å². The van der Waals surface area contributed by atoms with Crippen LogP contribution in [0.25, 0.3) is 0 Å². The SMILES string of the molecule is CC(C)[C@@H](CC(=O)O)CC(F)(F)F. The molecule has 5 heteroatoms. The molecule has 2 nitrogen and oxygen atoms in total. The molecular formula is C8H13F3O2. The van der Waals surface area contributed by atoms with Gasteiger partial charge in [0, 0.05) is 12.8 Å². The molecule has 78 valence electrons. The Labute approximate surface area is 74.7 Å². The van der Waals surface area contributed by atoms with Gasteiger partial charge in [0.15, 0.2) is 0 Å². The van der Waals surface area contributed by atoms with Gasteiger partial charge in [-0.15, -0.1) is 0 Å². The van der Waals surface area contributed by atoms with E-state index in [1.165, 1.54) is 0 Å². The van der Waals surface area contributed by atoms with Gasteiger partial charge in [0.2, 0.25) is 0 Å². The topological polar surface area (TPSA) is 37.3 Å². The van der Waals surface area contributed by atoms with E-state index >= 15 is 0 Å². The van der Waals surface area contributed by atoms with E-state index in [1.54, 1.807) is 13.8 Å². The largest absolute Gasteiger partial charge is 0.481 e. The maximum absolute atomic E-state index is 11.9. The lowest BCUT2D eigenvalue weighted by Crippen LogP contribution is -2.21. The van der Waals surface area contributed by atoms with Crippen molar-refractivity contribution in [2.45, 2.75) is 32.9 Å². The zero-order chi connectivity index (χ0) is 10.6. The fourth-order valence-corrected chi connectivity index (χ4v) is 1.07. The van der Waals surface area contributed by atoms with Gasteiger partial charge in [0.25, 0.3) is 0 Å². The van der Waals surface area contributed by atoms with Crippen molar-refractivity contribution in [1.82, 2.24) is 0 Å². The van der Waals surface area contributed by atoms with Crippen LogP contribution in [0.1, 0.15) is 26.7 Å². The monoisotopic (exact) mass is 198 g/mol. The predicted octanol–water partition coefficient (Wildman–Crippen LogP) is 2.69. The molecule has 1 N–H and O–H groups in total. The summed E-state index contributed by atoms with van der Waals surface area (Å²) in [5, 5.41) is 8.36. The van der Waals surface area contributed by atoms with Gasteiger partial charge in [-0.05, 0) is 11.8 Å². The van der Waals surface area contributed by atoms with Crippen LogP contribution in [0, 0.1) is 11.8 Å². The minimum Gasteiger partial charge on any atom is -0.481 e. The van der Waals surface area contributed by atoms with Gasteiger partial charge in [0.05, 0.1) is 0 Å². The van der Waals surface area contributed by atoms with Gasteiger partial charge in [-0.25, -0.2) is 0 Å². The summed E-state index contributed by atoms with van der Waals surface area (Å²) in [5.41, 5.74) is 0. The first kappa shape index (κ1) is 12.3. The predicted molar refractivity (Wildman–Crippen MR) is 41.3 cm³/mol. The molecule has 0 aliphatic heterocycles. The highest BCUT2D eigenvalue weighted by Crippen LogP contribution is 2.30. The molecule has 0 unspecified atom stereocenters. The molecule has 0 aliphatic rings. The lowest BCUT2D eigenvalue weighted by molar-refractivity contribution is -0.153. The van der Waals surface area contributed by atoms with Crippen LogP contribution in [0.15, 0.2) is 0 Å². The fourth-order valence-electron chi connectivity index (χ4n) is 1.07. The highest BCUT2D eigenvalue weighted by atomic mass is 19.4. The molecule has 0 bridgehead atoms. The zero-order valence-electron chi connectivity index (χ0n) is 7.56. The van der Waals surface area contributed by atoms with E-state index in [2.05, 4.69) is 0 Å². The molecule has 0 fully saturated rings. The minimum atomic E-state index is -4.27. The van der Waals surface area contributed by atoms with Crippen molar-refractivity contribution in [1.29, 1.82) is 0 Å². The Morgan fingerprint density at radius 3 is 2.08 bits per heavy atom. The van der Waals surface area contributed by atoms with Gasteiger partial charge in [0.1, 0.15) is 0 Å². The average molecular weight is 198 g/mol. The summed E-state index contributed by atoms with van der Waals surface area (Å²) in [5.74, 6) is -2.27. The smallest absolute Gasteiger partial charge is 0.389 e. The highest BCUT2D eigenvalue weighted by molar-refractivity contribution is 5.67. The van der Waals surface area contributed by atoms with Crippen LogP contribution < -0.4 is 0 Å². The molecule has 13 heavy (non-hydrogen) atoms. The number of halogens is 3. The van der Waals surface area contributed by atoms with E-state index in [0.717, 1.165) is 0 Å². The molecule has 0 radical (unpaired) electrons. The zero-order valence-corrected chi connectivity index (χ0v) is 7.56. The number of hydrogen-bond acceptors (Lipinski definition) is 1. The molecule has 0 saturated heterocycles. The van der Waals surface area contributed by atoms with Crippen LogP contribution in [-0.2, 0) is 4.79 Å². The Bertz CT molecular complexity index is 175. The van der Waals surface area contributed by atoms with Gasteiger partial charge < -0.3 is 5.11 Å². The molecule has 0 aromatic heterocycles.